The van der Waals surface area contributed by atoms with Gasteiger partial charge in [-0.1, -0.05) is 18.2 Å². The Morgan fingerprint density at radius 1 is 1.22 bits per heavy atom. The van der Waals surface area contributed by atoms with Gasteiger partial charge >= 0.3 is 11.7 Å². The first-order valence-electron chi connectivity index (χ1n) is 8.14. The highest BCUT2D eigenvalue weighted by molar-refractivity contribution is 5.80. The summed E-state index contributed by atoms with van der Waals surface area (Å²) in [5, 5.41) is 6.58. The van der Waals surface area contributed by atoms with Crippen molar-refractivity contribution < 1.29 is 23.2 Å². The van der Waals surface area contributed by atoms with E-state index in [1.54, 1.807) is 43.3 Å². The largest absolute Gasteiger partial charge is 0.467 e. The van der Waals surface area contributed by atoms with Crippen molar-refractivity contribution in [2.75, 3.05) is 6.61 Å². The van der Waals surface area contributed by atoms with E-state index in [4.69, 9.17) is 13.6 Å². The molecule has 0 saturated heterocycles. The molecule has 3 rings (SSSR count). The van der Waals surface area contributed by atoms with Gasteiger partial charge in [0.05, 0.1) is 12.3 Å². The molecule has 3 aromatic rings. The molecule has 2 aromatic heterocycles. The van der Waals surface area contributed by atoms with Crippen LogP contribution in [0.25, 0.3) is 11.5 Å². The maximum atomic E-state index is 11.9. The molecule has 9 nitrogen and oxygen atoms in total. The summed E-state index contributed by atoms with van der Waals surface area (Å²) in [5.74, 6) is -1.40. The van der Waals surface area contributed by atoms with Crippen LogP contribution in [0.2, 0.25) is 0 Å². The van der Waals surface area contributed by atoms with Crippen LogP contribution in [0.5, 0.6) is 0 Å². The lowest BCUT2D eigenvalue weighted by atomic mass is 10.2. The van der Waals surface area contributed by atoms with E-state index < -0.39 is 30.8 Å². The SMILES string of the molecule is C[C@@H](NC(=O)COC(=O)Cn1nc(-c2ccccc2)oc1=O)c1ccco1. The Labute approximate surface area is 153 Å². The smallest absolute Gasteiger partial charge is 0.437 e. The molecular formula is C18H17N3O6. The first-order chi connectivity index (χ1) is 13.0. The Bertz CT molecular complexity index is 959. The van der Waals surface area contributed by atoms with Gasteiger partial charge in [-0.2, -0.15) is 4.68 Å². The molecule has 2 heterocycles. The Balaban J connectivity index is 1.51. The lowest BCUT2D eigenvalue weighted by Crippen LogP contribution is -2.32. The van der Waals surface area contributed by atoms with Gasteiger partial charge in [0.15, 0.2) is 6.61 Å². The van der Waals surface area contributed by atoms with Crippen LogP contribution in [0.15, 0.2) is 62.4 Å². The van der Waals surface area contributed by atoms with Crippen molar-refractivity contribution in [3.05, 3.63) is 65.0 Å². The zero-order valence-corrected chi connectivity index (χ0v) is 14.5. The number of esters is 1. The van der Waals surface area contributed by atoms with Crippen LogP contribution in [0, 0.1) is 0 Å². The fourth-order valence-electron chi connectivity index (χ4n) is 2.31. The van der Waals surface area contributed by atoms with Crippen LogP contribution >= 0.6 is 0 Å². The molecule has 0 aliphatic rings. The van der Waals surface area contributed by atoms with Gasteiger partial charge in [0, 0.05) is 5.56 Å². The van der Waals surface area contributed by atoms with Gasteiger partial charge in [-0.15, -0.1) is 5.10 Å². The highest BCUT2D eigenvalue weighted by Gasteiger charge is 2.16. The maximum absolute atomic E-state index is 11.9. The molecule has 0 spiro atoms. The van der Waals surface area contributed by atoms with Gasteiger partial charge in [0.1, 0.15) is 12.3 Å². The van der Waals surface area contributed by atoms with E-state index in [0.29, 0.717) is 11.3 Å². The number of aromatic nitrogens is 2. The highest BCUT2D eigenvalue weighted by Crippen LogP contribution is 2.14. The molecule has 0 unspecified atom stereocenters. The van der Waals surface area contributed by atoms with Crippen LogP contribution in [-0.2, 0) is 20.9 Å². The standard InChI is InChI=1S/C18H17N3O6/c1-12(14-8-5-9-25-14)19-15(22)11-26-16(23)10-21-18(24)27-17(20-21)13-6-3-2-4-7-13/h2-9,12H,10-11H2,1H3,(H,19,22)/t12-/m1/s1. The average Bonchev–Trinajstić information content (AvgIpc) is 3.31. The minimum Gasteiger partial charge on any atom is -0.467 e. The minimum absolute atomic E-state index is 0.0958. The number of carbonyl (C=O) groups excluding carboxylic acids is 2. The van der Waals surface area contributed by atoms with Crippen LogP contribution < -0.4 is 11.1 Å². The summed E-state index contributed by atoms with van der Waals surface area (Å²) in [6.45, 7) is 0.789. The van der Waals surface area contributed by atoms with E-state index in [9.17, 15) is 14.4 Å². The first kappa shape index (κ1) is 18.2. The summed E-state index contributed by atoms with van der Waals surface area (Å²) in [7, 11) is 0. The van der Waals surface area contributed by atoms with Crippen LogP contribution in [-0.4, -0.2) is 28.3 Å². The zero-order chi connectivity index (χ0) is 19.2. The van der Waals surface area contributed by atoms with Crippen LogP contribution in [0.3, 0.4) is 0 Å². The van der Waals surface area contributed by atoms with Crippen molar-refractivity contribution >= 4 is 11.9 Å². The normalized spacial score (nSPS) is 11.7. The van der Waals surface area contributed by atoms with Crippen molar-refractivity contribution in [1.29, 1.82) is 0 Å². The predicted octanol–water partition coefficient (Wildman–Crippen LogP) is 1.52. The third-order valence-corrected chi connectivity index (χ3v) is 3.62. The summed E-state index contributed by atoms with van der Waals surface area (Å²) < 4.78 is 15.9. The second kappa shape index (κ2) is 8.17. The summed E-state index contributed by atoms with van der Waals surface area (Å²) in [4.78, 5) is 35.5. The molecule has 1 N–H and O–H groups in total. The number of carbonyl (C=O) groups is 2. The van der Waals surface area contributed by atoms with Crippen molar-refractivity contribution in [3.63, 3.8) is 0 Å². The molecular weight excluding hydrogens is 354 g/mol. The van der Waals surface area contributed by atoms with Gasteiger partial charge in [-0.05, 0) is 31.2 Å². The topological polar surface area (TPSA) is 117 Å². The lowest BCUT2D eigenvalue weighted by molar-refractivity contribution is -0.149. The third kappa shape index (κ3) is 4.72. The monoisotopic (exact) mass is 371 g/mol. The van der Waals surface area contributed by atoms with Gasteiger partial charge < -0.3 is 18.9 Å². The van der Waals surface area contributed by atoms with E-state index in [-0.39, 0.29) is 11.9 Å². The molecule has 1 amide bonds. The van der Waals surface area contributed by atoms with Crippen molar-refractivity contribution in [1.82, 2.24) is 15.1 Å². The summed E-state index contributed by atoms with van der Waals surface area (Å²) in [6, 6.07) is 11.9. The molecule has 27 heavy (non-hydrogen) atoms. The molecule has 0 radical (unpaired) electrons. The fourth-order valence-corrected chi connectivity index (χ4v) is 2.31. The minimum atomic E-state index is -0.790. The summed E-state index contributed by atoms with van der Waals surface area (Å²) >= 11 is 0. The molecule has 0 saturated carbocycles. The number of rotatable bonds is 7. The molecule has 0 bridgehead atoms. The van der Waals surface area contributed by atoms with E-state index in [0.717, 1.165) is 4.68 Å². The van der Waals surface area contributed by atoms with Crippen molar-refractivity contribution in [2.45, 2.75) is 19.5 Å². The Hall–Kier alpha value is -3.62. The number of nitrogens with one attached hydrogen (secondary N) is 1. The van der Waals surface area contributed by atoms with Crippen molar-refractivity contribution in [3.8, 4) is 11.5 Å². The average molecular weight is 371 g/mol. The molecule has 0 fully saturated rings. The van der Waals surface area contributed by atoms with E-state index in [1.165, 1.54) is 6.26 Å². The molecule has 1 atom stereocenters. The lowest BCUT2D eigenvalue weighted by Gasteiger charge is -2.11. The number of benzene rings is 1. The number of hydrogen-bond acceptors (Lipinski definition) is 7. The van der Waals surface area contributed by atoms with Gasteiger partial charge in [-0.25, -0.2) is 4.79 Å². The summed E-state index contributed by atoms with van der Waals surface area (Å²) in [5.41, 5.74) is 0.605. The van der Waals surface area contributed by atoms with E-state index >= 15 is 0 Å². The van der Waals surface area contributed by atoms with Gasteiger partial charge in [-0.3, -0.25) is 9.59 Å². The van der Waals surface area contributed by atoms with Gasteiger partial charge in [0.2, 0.25) is 5.89 Å². The van der Waals surface area contributed by atoms with E-state index in [2.05, 4.69) is 10.4 Å². The summed E-state index contributed by atoms with van der Waals surface area (Å²) in [6.07, 6.45) is 1.50. The highest BCUT2D eigenvalue weighted by atomic mass is 16.5. The maximum Gasteiger partial charge on any atom is 0.437 e. The number of ether oxygens (including phenoxy) is 1. The third-order valence-electron chi connectivity index (χ3n) is 3.62. The second-order valence-electron chi connectivity index (χ2n) is 5.66. The number of furan rings is 1. The molecule has 0 aliphatic carbocycles. The Morgan fingerprint density at radius 2 is 2.00 bits per heavy atom. The van der Waals surface area contributed by atoms with Crippen LogP contribution in [0.4, 0.5) is 0 Å². The van der Waals surface area contributed by atoms with Gasteiger partial charge in [0.25, 0.3) is 5.91 Å². The Morgan fingerprint density at radius 3 is 2.70 bits per heavy atom. The van der Waals surface area contributed by atoms with Crippen molar-refractivity contribution in [2.24, 2.45) is 0 Å². The van der Waals surface area contributed by atoms with E-state index in [1.807, 2.05) is 6.07 Å². The van der Waals surface area contributed by atoms with Crippen LogP contribution in [0.1, 0.15) is 18.7 Å². The number of hydrogen-bond donors (Lipinski definition) is 1. The first-order valence-corrected chi connectivity index (χ1v) is 8.14. The molecule has 0 aliphatic heterocycles. The quantitative estimate of drug-likeness (QED) is 0.626. The number of nitrogens with zero attached hydrogens (tertiary/aromatic N) is 2. The molecule has 140 valence electrons. The zero-order valence-electron chi connectivity index (χ0n) is 14.5. The molecule has 1 aromatic carbocycles. The Kier molecular flexibility index (Phi) is 5.50. The predicted molar refractivity (Wildman–Crippen MR) is 92.4 cm³/mol. The second-order valence-corrected chi connectivity index (χ2v) is 5.66. The number of amides is 1. The molecule has 9 heteroatoms. The fraction of sp³-hybridized carbons (Fsp3) is 0.222.